The van der Waals surface area contributed by atoms with E-state index in [0.717, 1.165) is 16.9 Å². The minimum atomic E-state index is -0.878. The van der Waals surface area contributed by atoms with E-state index < -0.39 is 29.0 Å². The molecule has 1 saturated heterocycles. The maximum Gasteiger partial charge on any atom is 0.425 e. The first-order valence-electron chi connectivity index (χ1n) is 17.3. The largest absolute Gasteiger partial charge is 0.444 e. The van der Waals surface area contributed by atoms with Gasteiger partial charge in [0.1, 0.15) is 22.6 Å². The highest BCUT2D eigenvalue weighted by atomic mass is 16.6. The third kappa shape index (κ3) is 11.7. The molecule has 1 aromatic heterocycles. The summed E-state index contributed by atoms with van der Waals surface area (Å²) in [6.45, 7) is 21.9. The Morgan fingerprint density at radius 1 is 0.857 bits per heavy atom. The fraction of sp³-hybridized carbons (Fsp3) is 0.632. The van der Waals surface area contributed by atoms with Crippen molar-refractivity contribution in [3.05, 3.63) is 58.8 Å². The summed E-state index contributed by atoms with van der Waals surface area (Å²) < 4.78 is 23.3. The number of anilines is 1. The van der Waals surface area contributed by atoms with Gasteiger partial charge in [-0.25, -0.2) is 19.4 Å². The number of imide groups is 1. The normalized spacial score (nSPS) is 20.9. The van der Waals surface area contributed by atoms with Crippen molar-refractivity contribution in [1.82, 2.24) is 15.2 Å². The molecule has 0 bridgehead atoms. The van der Waals surface area contributed by atoms with E-state index in [-0.39, 0.29) is 23.9 Å². The van der Waals surface area contributed by atoms with Gasteiger partial charge in [-0.2, -0.15) is 4.90 Å². The number of ether oxygens (including phenoxy) is 4. The van der Waals surface area contributed by atoms with Crippen molar-refractivity contribution in [3.63, 3.8) is 0 Å². The number of hydrogen-bond acceptors (Lipinski definition) is 9. The van der Waals surface area contributed by atoms with Crippen LogP contribution in [-0.4, -0.2) is 83.4 Å². The Kier molecular flexibility index (Phi) is 11.7. The van der Waals surface area contributed by atoms with Crippen LogP contribution in [0.3, 0.4) is 0 Å². The monoisotopic (exact) mass is 680 g/mol. The standard InChI is InChI=1S/C38H56N4O7/c1-24-13-12-14-26(17-24)29-21-30(29)39-15-16-46-31-23-41(33(43)47-36(3,4)5)22-27(31)20-28-18-25(2)19-32(40-28)42(34(44)48-37(6,7)8)35(45)49-38(9,10)11/h12-14,17-19,27,29-31,39H,15-16,20-23H2,1-11H3/t27-,29+,30-,31+/m1/s1. The Morgan fingerprint density at radius 2 is 1.49 bits per heavy atom. The van der Waals surface area contributed by atoms with Crippen LogP contribution in [0.2, 0.25) is 0 Å². The van der Waals surface area contributed by atoms with Crippen LogP contribution in [0.4, 0.5) is 20.2 Å². The van der Waals surface area contributed by atoms with Gasteiger partial charge in [-0.1, -0.05) is 29.8 Å². The molecule has 11 heteroatoms. The first kappa shape index (κ1) is 38.1. The number of pyridine rings is 1. The number of nitrogens with zero attached hydrogens (tertiary/aromatic N) is 3. The zero-order chi connectivity index (χ0) is 36.3. The zero-order valence-corrected chi connectivity index (χ0v) is 31.2. The van der Waals surface area contributed by atoms with Crippen LogP contribution >= 0.6 is 0 Å². The number of amides is 3. The molecule has 0 radical (unpaired) electrons. The molecule has 2 fully saturated rings. The first-order chi connectivity index (χ1) is 22.7. The Bertz CT molecular complexity index is 1460. The molecular formula is C38H56N4O7. The summed E-state index contributed by atoms with van der Waals surface area (Å²) in [5, 5.41) is 3.62. The molecule has 0 spiro atoms. The minimum absolute atomic E-state index is 0.105. The SMILES string of the molecule is Cc1cccc([C@@H]2C[C@H]2NCCO[C@H]2CN(C(=O)OC(C)(C)C)C[C@H]2Cc2cc(C)cc(N(C(=O)OC(C)(C)C)C(=O)OC(C)(C)C)n2)c1. The third-order valence-corrected chi connectivity index (χ3v) is 8.00. The Morgan fingerprint density at radius 3 is 2.08 bits per heavy atom. The van der Waals surface area contributed by atoms with Gasteiger partial charge in [0.15, 0.2) is 0 Å². The van der Waals surface area contributed by atoms with Crippen molar-refractivity contribution in [1.29, 1.82) is 0 Å². The Labute approximate surface area is 292 Å². The number of rotatable bonds is 9. The number of carbonyl (C=O) groups is 3. The molecule has 4 atom stereocenters. The summed E-state index contributed by atoms with van der Waals surface area (Å²) in [5.41, 5.74) is 1.75. The van der Waals surface area contributed by atoms with Gasteiger partial charge in [-0.15, -0.1) is 0 Å². The van der Waals surface area contributed by atoms with E-state index in [1.165, 1.54) is 11.1 Å². The van der Waals surface area contributed by atoms with Crippen LogP contribution < -0.4 is 10.2 Å². The fourth-order valence-corrected chi connectivity index (χ4v) is 5.93. The average molecular weight is 681 g/mol. The highest BCUT2D eigenvalue weighted by Crippen LogP contribution is 2.41. The second-order valence-corrected chi connectivity index (χ2v) is 16.4. The van der Waals surface area contributed by atoms with Crippen LogP contribution in [0.25, 0.3) is 0 Å². The summed E-state index contributed by atoms with van der Waals surface area (Å²) in [6, 6.07) is 12.7. The molecule has 0 unspecified atom stereocenters. The van der Waals surface area contributed by atoms with E-state index in [1.807, 2.05) is 33.8 Å². The lowest BCUT2D eigenvalue weighted by Gasteiger charge is -2.28. The molecule has 1 aromatic carbocycles. The molecule has 2 aliphatic rings. The molecule has 49 heavy (non-hydrogen) atoms. The first-order valence-corrected chi connectivity index (χ1v) is 17.3. The summed E-state index contributed by atoms with van der Waals surface area (Å²) in [4.78, 5) is 47.1. The van der Waals surface area contributed by atoms with Gasteiger partial charge in [0, 0.05) is 36.7 Å². The number of hydrogen-bond donors (Lipinski definition) is 1. The topological polar surface area (TPSA) is 120 Å². The predicted octanol–water partition coefficient (Wildman–Crippen LogP) is 7.32. The van der Waals surface area contributed by atoms with Crippen molar-refractivity contribution in [2.45, 2.75) is 124 Å². The molecule has 1 aliphatic carbocycles. The van der Waals surface area contributed by atoms with Crippen LogP contribution in [0.5, 0.6) is 0 Å². The number of benzene rings is 1. The number of aryl methyl sites for hydroxylation is 2. The van der Waals surface area contributed by atoms with Gasteiger partial charge in [0.05, 0.1) is 19.3 Å². The molecule has 270 valence electrons. The van der Waals surface area contributed by atoms with E-state index in [9.17, 15) is 14.4 Å². The molecule has 11 nitrogen and oxygen atoms in total. The highest BCUT2D eigenvalue weighted by molar-refractivity contribution is 6.08. The number of aromatic nitrogens is 1. The lowest BCUT2D eigenvalue weighted by atomic mass is 9.98. The van der Waals surface area contributed by atoms with E-state index in [2.05, 4.69) is 36.5 Å². The van der Waals surface area contributed by atoms with Crippen molar-refractivity contribution in [3.8, 4) is 0 Å². The molecule has 1 N–H and O–H groups in total. The van der Waals surface area contributed by atoms with Gasteiger partial charge < -0.3 is 29.2 Å². The molecule has 4 rings (SSSR count). The molecule has 1 saturated carbocycles. The van der Waals surface area contributed by atoms with Gasteiger partial charge in [0.2, 0.25) is 0 Å². The van der Waals surface area contributed by atoms with E-state index >= 15 is 0 Å². The molecule has 2 heterocycles. The maximum atomic E-state index is 13.3. The van der Waals surface area contributed by atoms with Crippen LogP contribution in [0.1, 0.15) is 97.0 Å². The van der Waals surface area contributed by atoms with Crippen LogP contribution in [0.15, 0.2) is 36.4 Å². The zero-order valence-electron chi connectivity index (χ0n) is 31.2. The summed E-state index contributed by atoms with van der Waals surface area (Å²) in [5.74, 6) is 0.520. The second-order valence-electron chi connectivity index (χ2n) is 16.4. The molecule has 3 amide bonds. The highest BCUT2D eigenvalue weighted by Gasteiger charge is 2.40. The number of likely N-dealkylation sites (tertiary alicyclic amines) is 1. The molecule has 2 aromatic rings. The van der Waals surface area contributed by atoms with Crippen LogP contribution in [0, 0.1) is 19.8 Å². The van der Waals surface area contributed by atoms with Crippen molar-refractivity contribution in [2.75, 3.05) is 31.1 Å². The van der Waals surface area contributed by atoms with Crippen LogP contribution in [-0.2, 0) is 25.4 Å². The second kappa shape index (κ2) is 15.0. The van der Waals surface area contributed by atoms with Crippen molar-refractivity contribution < 1.29 is 33.3 Å². The lowest BCUT2D eigenvalue weighted by Crippen LogP contribution is -2.44. The molecular weight excluding hydrogens is 624 g/mol. The minimum Gasteiger partial charge on any atom is -0.444 e. The number of nitrogens with one attached hydrogen (secondary N) is 1. The Hall–Kier alpha value is -3.70. The maximum absolute atomic E-state index is 13.3. The van der Waals surface area contributed by atoms with Gasteiger partial charge in [0.25, 0.3) is 0 Å². The van der Waals surface area contributed by atoms with Gasteiger partial charge in [-0.05, 0) is 112 Å². The van der Waals surface area contributed by atoms with Gasteiger partial charge in [-0.3, -0.25) is 0 Å². The number of carbonyl (C=O) groups excluding carboxylic acids is 3. The van der Waals surface area contributed by atoms with Crippen molar-refractivity contribution >= 4 is 24.1 Å². The van der Waals surface area contributed by atoms with Gasteiger partial charge >= 0.3 is 18.3 Å². The van der Waals surface area contributed by atoms with E-state index in [1.54, 1.807) is 52.5 Å². The average Bonchev–Trinajstić information content (AvgIpc) is 3.59. The third-order valence-electron chi connectivity index (χ3n) is 8.00. The predicted molar refractivity (Wildman–Crippen MR) is 189 cm³/mol. The van der Waals surface area contributed by atoms with E-state index in [0.29, 0.717) is 50.3 Å². The molecule has 1 aliphatic heterocycles. The lowest BCUT2D eigenvalue weighted by molar-refractivity contribution is 0.0185. The quantitative estimate of drug-likeness (QED) is 0.215. The summed E-state index contributed by atoms with van der Waals surface area (Å²) >= 11 is 0. The summed E-state index contributed by atoms with van der Waals surface area (Å²) in [6.07, 6.45) is -0.860. The smallest absolute Gasteiger partial charge is 0.425 e. The van der Waals surface area contributed by atoms with Crippen molar-refractivity contribution in [2.24, 2.45) is 5.92 Å². The van der Waals surface area contributed by atoms with E-state index in [4.69, 9.17) is 23.9 Å². The Balaban J connectivity index is 1.49. The fourth-order valence-electron chi connectivity index (χ4n) is 5.93. The summed E-state index contributed by atoms with van der Waals surface area (Å²) in [7, 11) is 0.